The Morgan fingerprint density at radius 2 is 2.04 bits per heavy atom. The van der Waals surface area contributed by atoms with E-state index in [9.17, 15) is 4.79 Å². The standard InChI is InChI=1S/C20H30N4O/c25-20(19-13-15-5-1-2-7-18(15)23-19)22-16-8-11-24(12-9-16)14-17-6-3-4-10-21-17/h3-4,6,10,15-16,18-19,23H,1-2,5,7-9,11-14H2,(H,22,25). The lowest BCUT2D eigenvalue weighted by Crippen LogP contribution is -2.50. The molecule has 2 saturated heterocycles. The van der Waals surface area contributed by atoms with Gasteiger partial charge >= 0.3 is 0 Å². The highest BCUT2D eigenvalue weighted by atomic mass is 16.2. The van der Waals surface area contributed by atoms with Gasteiger partial charge in [-0.3, -0.25) is 14.7 Å². The van der Waals surface area contributed by atoms with E-state index in [1.807, 2.05) is 18.3 Å². The maximum atomic E-state index is 12.6. The van der Waals surface area contributed by atoms with E-state index in [1.165, 1.54) is 25.7 Å². The Bertz CT molecular complexity index is 556. The molecule has 25 heavy (non-hydrogen) atoms. The molecule has 5 heteroatoms. The second-order valence-electron chi connectivity index (χ2n) is 7.99. The number of hydrogen-bond donors (Lipinski definition) is 2. The van der Waals surface area contributed by atoms with Gasteiger partial charge in [0.05, 0.1) is 11.7 Å². The van der Waals surface area contributed by atoms with Gasteiger partial charge < -0.3 is 10.6 Å². The molecule has 3 fully saturated rings. The van der Waals surface area contributed by atoms with Gasteiger partial charge in [0.25, 0.3) is 0 Å². The molecule has 5 nitrogen and oxygen atoms in total. The second-order valence-corrected chi connectivity index (χ2v) is 7.99. The maximum Gasteiger partial charge on any atom is 0.237 e. The van der Waals surface area contributed by atoms with Crippen molar-refractivity contribution in [2.75, 3.05) is 13.1 Å². The van der Waals surface area contributed by atoms with Crippen molar-refractivity contribution in [1.82, 2.24) is 20.5 Å². The Morgan fingerprint density at radius 1 is 1.20 bits per heavy atom. The SMILES string of the molecule is O=C(NC1CCN(Cc2ccccn2)CC1)C1CC2CCCCC2N1. The zero-order valence-corrected chi connectivity index (χ0v) is 15.0. The summed E-state index contributed by atoms with van der Waals surface area (Å²) in [7, 11) is 0. The van der Waals surface area contributed by atoms with Crippen LogP contribution in [0.4, 0.5) is 0 Å². The highest BCUT2D eigenvalue weighted by Crippen LogP contribution is 2.33. The van der Waals surface area contributed by atoms with E-state index >= 15 is 0 Å². The van der Waals surface area contributed by atoms with Crippen LogP contribution < -0.4 is 10.6 Å². The Balaban J connectivity index is 1.21. The van der Waals surface area contributed by atoms with Crippen molar-refractivity contribution in [3.8, 4) is 0 Å². The molecule has 1 aromatic rings. The smallest absolute Gasteiger partial charge is 0.237 e. The topological polar surface area (TPSA) is 57.3 Å². The Kier molecular flexibility index (Phi) is 5.32. The number of amides is 1. The molecule has 0 bridgehead atoms. The number of hydrogen-bond acceptors (Lipinski definition) is 4. The number of carbonyl (C=O) groups excluding carboxylic acids is 1. The van der Waals surface area contributed by atoms with Crippen LogP contribution in [-0.2, 0) is 11.3 Å². The van der Waals surface area contributed by atoms with Gasteiger partial charge in [0.2, 0.25) is 5.91 Å². The third-order valence-electron chi connectivity index (χ3n) is 6.22. The van der Waals surface area contributed by atoms with E-state index in [4.69, 9.17) is 0 Å². The van der Waals surface area contributed by atoms with Crippen molar-refractivity contribution in [3.05, 3.63) is 30.1 Å². The molecule has 1 amide bonds. The fourth-order valence-corrected chi connectivity index (χ4v) is 4.78. The molecule has 0 spiro atoms. The molecule has 0 radical (unpaired) electrons. The molecule has 3 atom stereocenters. The Morgan fingerprint density at radius 3 is 2.80 bits per heavy atom. The molecule has 3 aliphatic rings. The molecule has 2 N–H and O–H groups in total. The van der Waals surface area contributed by atoms with Gasteiger partial charge in [-0.2, -0.15) is 0 Å². The molecule has 0 aromatic carbocycles. The molecule has 4 rings (SSSR count). The first-order chi connectivity index (χ1) is 12.3. The van der Waals surface area contributed by atoms with E-state index in [-0.39, 0.29) is 11.9 Å². The molecular weight excluding hydrogens is 312 g/mol. The summed E-state index contributed by atoms with van der Waals surface area (Å²) < 4.78 is 0. The van der Waals surface area contributed by atoms with Crippen molar-refractivity contribution in [2.24, 2.45) is 5.92 Å². The second kappa shape index (κ2) is 7.83. The zero-order chi connectivity index (χ0) is 17.1. The minimum atomic E-state index is 0.0413. The number of nitrogens with one attached hydrogen (secondary N) is 2. The molecule has 3 unspecified atom stereocenters. The number of nitrogens with zero attached hydrogens (tertiary/aromatic N) is 2. The summed E-state index contributed by atoms with van der Waals surface area (Å²) in [5, 5.41) is 6.90. The van der Waals surface area contributed by atoms with Crippen molar-refractivity contribution in [1.29, 1.82) is 0 Å². The fourth-order valence-electron chi connectivity index (χ4n) is 4.78. The number of carbonyl (C=O) groups is 1. The average molecular weight is 342 g/mol. The van der Waals surface area contributed by atoms with Crippen LogP contribution in [0.5, 0.6) is 0 Å². The largest absolute Gasteiger partial charge is 0.352 e. The molecule has 1 aliphatic carbocycles. The van der Waals surface area contributed by atoms with E-state index in [0.717, 1.165) is 50.5 Å². The monoisotopic (exact) mass is 342 g/mol. The van der Waals surface area contributed by atoms with Crippen LogP contribution in [-0.4, -0.2) is 47.0 Å². The molecule has 1 saturated carbocycles. The minimum absolute atomic E-state index is 0.0413. The van der Waals surface area contributed by atoms with Crippen molar-refractivity contribution < 1.29 is 4.79 Å². The molecular formula is C20H30N4O. The van der Waals surface area contributed by atoms with Crippen molar-refractivity contribution in [2.45, 2.75) is 69.6 Å². The summed E-state index contributed by atoms with van der Waals surface area (Å²) >= 11 is 0. The van der Waals surface area contributed by atoms with Crippen LogP contribution >= 0.6 is 0 Å². The lowest BCUT2D eigenvalue weighted by Gasteiger charge is -2.32. The van der Waals surface area contributed by atoms with Crippen LogP contribution in [0, 0.1) is 5.92 Å². The first-order valence-corrected chi connectivity index (χ1v) is 9.96. The third-order valence-corrected chi connectivity index (χ3v) is 6.22. The molecule has 3 heterocycles. The van der Waals surface area contributed by atoms with Gasteiger partial charge in [-0.1, -0.05) is 18.9 Å². The van der Waals surface area contributed by atoms with Crippen LogP contribution in [0.15, 0.2) is 24.4 Å². The van der Waals surface area contributed by atoms with Crippen LogP contribution in [0.2, 0.25) is 0 Å². The molecule has 1 aromatic heterocycles. The number of aromatic nitrogens is 1. The summed E-state index contributed by atoms with van der Waals surface area (Å²) in [4.78, 5) is 19.5. The van der Waals surface area contributed by atoms with Gasteiger partial charge in [-0.05, 0) is 50.2 Å². The first kappa shape index (κ1) is 17.0. The van der Waals surface area contributed by atoms with Gasteiger partial charge in [-0.25, -0.2) is 0 Å². The minimum Gasteiger partial charge on any atom is -0.352 e. The number of piperidine rings is 1. The van der Waals surface area contributed by atoms with E-state index < -0.39 is 0 Å². The summed E-state index contributed by atoms with van der Waals surface area (Å²) in [6.45, 7) is 2.98. The maximum absolute atomic E-state index is 12.6. The highest BCUT2D eigenvalue weighted by Gasteiger charge is 2.38. The molecule has 2 aliphatic heterocycles. The highest BCUT2D eigenvalue weighted by molar-refractivity contribution is 5.82. The van der Waals surface area contributed by atoms with E-state index in [0.29, 0.717) is 12.1 Å². The fraction of sp³-hybridized carbons (Fsp3) is 0.700. The lowest BCUT2D eigenvalue weighted by atomic mass is 9.85. The normalized spacial score (nSPS) is 30.8. The summed E-state index contributed by atoms with van der Waals surface area (Å²) in [5.41, 5.74) is 1.13. The summed E-state index contributed by atoms with van der Waals surface area (Å²) in [5.74, 6) is 0.960. The predicted octanol–water partition coefficient (Wildman–Crippen LogP) is 2.08. The van der Waals surface area contributed by atoms with Crippen molar-refractivity contribution >= 4 is 5.91 Å². The van der Waals surface area contributed by atoms with E-state index in [2.05, 4.69) is 26.6 Å². The number of pyridine rings is 1. The number of rotatable bonds is 4. The summed E-state index contributed by atoms with van der Waals surface area (Å²) in [6, 6.07) is 7.04. The van der Waals surface area contributed by atoms with Gasteiger partial charge in [0, 0.05) is 37.9 Å². The quantitative estimate of drug-likeness (QED) is 0.880. The molecule has 136 valence electrons. The number of likely N-dealkylation sites (tertiary alicyclic amines) is 1. The summed E-state index contributed by atoms with van der Waals surface area (Å²) in [6.07, 6.45) is 10.2. The van der Waals surface area contributed by atoms with Gasteiger partial charge in [0.1, 0.15) is 0 Å². The first-order valence-electron chi connectivity index (χ1n) is 9.96. The van der Waals surface area contributed by atoms with Crippen LogP contribution in [0.25, 0.3) is 0 Å². The lowest BCUT2D eigenvalue weighted by molar-refractivity contribution is -0.123. The van der Waals surface area contributed by atoms with Crippen molar-refractivity contribution in [3.63, 3.8) is 0 Å². The zero-order valence-electron chi connectivity index (χ0n) is 15.0. The average Bonchev–Trinajstić information content (AvgIpc) is 3.09. The van der Waals surface area contributed by atoms with E-state index in [1.54, 1.807) is 0 Å². The van der Waals surface area contributed by atoms with Crippen LogP contribution in [0.3, 0.4) is 0 Å². The third kappa shape index (κ3) is 4.21. The Labute approximate surface area is 150 Å². The van der Waals surface area contributed by atoms with Gasteiger partial charge in [-0.15, -0.1) is 0 Å². The Hall–Kier alpha value is -1.46. The number of fused-ring (bicyclic) bond motifs is 1. The predicted molar refractivity (Wildman–Crippen MR) is 98.0 cm³/mol. The van der Waals surface area contributed by atoms with Crippen LogP contribution in [0.1, 0.15) is 50.6 Å². The van der Waals surface area contributed by atoms with Gasteiger partial charge in [0.15, 0.2) is 0 Å².